The third-order valence-electron chi connectivity index (χ3n) is 3.87. The molecule has 1 aliphatic rings. The van der Waals surface area contributed by atoms with Crippen LogP contribution in [0.2, 0.25) is 0 Å². The minimum absolute atomic E-state index is 0.0613. The predicted molar refractivity (Wildman–Crippen MR) is 98.7 cm³/mol. The first-order valence-electron chi connectivity index (χ1n) is 7.72. The van der Waals surface area contributed by atoms with Crippen LogP contribution in [0.1, 0.15) is 11.1 Å². The summed E-state index contributed by atoms with van der Waals surface area (Å²) in [5.74, 6) is -0.820. The molecule has 0 aromatic heterocycles. The summed E-state index contributed by atoms with van der Waals surface area (Å²) >= 11 is 0.878. The second-order valence-electron chi connectivity index (χ2n) is 5.85. The number of rotatable bonds is 4. The highest BCUT2D eigenvalue weighted by molar-refractivity contribution is 8.18. The number of thioether (sulfide) groups is 1. The topological polar surface area (TPSA) is 40.6 Å². The fourth-order valence-corrected chi connectivity index (χ4v) is 3.29. The van der Waals surface area contributed by atoms with Gasteiger partial charge in [0.2, 0.25) is 0 Å². The van der Waals surface area contributed by atoms with Gasteiger partial charge in [-0.05, 0) is 41.6 Å². The molecule has 4 nitrogen and oxygen atoms in total. The van der Waals surface area contributed by atoms with Crippen molar-refractivity contribution < 1.29 is 14.0 Å². The summed E-state index contributed by atoms with van der Waals surface area (Å²) in [5, 5.41) is -0.385. The molecule has 0 bridgehead atoms. The SMILES string of the molecule is CN(C)c1ccc(/C=C2\SC(=O)N(Cc3ccccc3F)C2=O)cc1. The third kappa shape index (κ3) is 3.74. The van der Waals surface area contributed by atoms with Gasteiger partial charge in [0.05, 0.1) is 11.4 Å². The van der Waals surface area contributed by atoms with Gasteiger partial charge in [0.25, 0.3) is 11.1 Å². The number of anilines is 1. The summed E-state index contributed by atoms with van der Waals surface area (Å²) in [5.41, 5.74) is 2.20. The lowest BCUT2D eigenvalue weighted by molar-refractivity contribution is -0.123. The lowest BCUT2D eigenvalue weighted by Gasteiger charge is -2.13. The molecule has 0 saturated carbocycles. The smallest absolute Gasteiger partial charge is 0.293 e. The molecule has 3 rings (SSSR count). The van der Waals surface area contributed by atoms with Gasteiger partial charge >= 0.3 is 0 Å². The van der Waals surface area contributed by atoms with Crippen LogP contribution in [0.5, 0.6) is 0 Å². The van der Waals surface area contributed by atoms with Gasteiger partial charge in [0, 0.05) is 25.3 Å². The molecular weight excluding hydrogens is 339 g/mol. The van der Waals surface area contributed by atoms with Gasteiger partial charge in [-0.15, -0.1) is 0 Å². The lowest BCUT2D eigenvalue weighted by Crippen LogP contribution is -2.27. The Balaban J connectivity index is 1.79. The molecule has 1 saturated heterocycles. The molecule has 1 aliphatic heterocycles. The molecule has 6 heteroatoms. The maximum absolute atomic E-state index is 13.8. The Morgan fingerprint density at radius 3 is 2.40 bits per heavy atom. The van der Waals surface area contributed by atoms with Crippen molar-refractivity contribution in [1.82, 2.24) is 4.90 Å². The largest absolute Gasteiger partial charge is 0.378 e. The number of carbonyl (C=O) groups excluding carboxylic acids is 2. The van der Waals surface area contributed by atoms with E-state index >= 15 is 0 Å². The molecule has 0 spiro atoms. The second kappa shape index (κ2) is 7.11. The zero-order valence-corrected chi connectivity index (χ0v) is 14.7. The summed E-state index contributed by atoms with van der Waals surface area (Å²) < 4.78 is 13.8. The van der Waals surface area contributed by atoms with Crippen LogP contribution >= 0.6 is 11.8 Å². The quantitative estimate of drug-likeness (QED) is 0.773. The first-order valence-corrected chi connectivity index (χ1v) is 8.53. The van der Waals surface area contributed by atoms with Crippen LogP contribution in [-0.2, 0) is 11.3 Å². The number of amides is 2. The zero-order valence-electron chi connectivity index (χ0n) is 13.9. The number of carbonyl (C=O) groups is 2. The molecule has 0 aliphatic carbocycles. The summed E-state index contributed by atoms with van der Waals surface area (Å²) in [7, 11) is 3.89. The Morgan fingerprint density at radius 2 is 1.76 bits per heavy atom. The Kier molecular flexibility index (Phi) is 4.90. The van der Waals surface area contributed by atoms with Gasteiger partial charge in [-0.1, -0.05) is 30.3 Å². The van der Waals surface area contributed by atoms with Crippen molar-refractivity contribution >= 4 is 34.7 Å². The Hall–Kier alpha value is -2.60. The van der Waals surface area contributed by atoms with Crippen molar-refractivity contribution in [2.45, 2.75) is 6.54 Å². The monoisotopic (exact) mass is 356 g/mol. The Labute approximate surface area is 149 Å². The highest BCUT2D eigenvalue weighted by Gasteiger charge is 2.35. The lowest BCUT2D eigenvalue weighted by atomic mass is 10.1. The molecule has 2 aromatic carbocycles. The highest BCUT2D eigenvalue weighted by atomic mass is 32.2. The number of hydrogen-bond donors (Lipinski definition) is 0. The van der Waals surface area contributed by atoms with Gasteiger partial charge in [0.15, 0.2) is 0 Å². The molecule has 1 fully saturated rings. The van der Waals surface area contributed by atoms with Crippen molar-refractivity contribution in [3.63, 3.8) is 0 Å². The van der Waals surface area contributed by atoms with Crippen LogP contribution in [0.3, 0.4) is 0 Å². The van der Waals surface area contributed by atoms with E-state index in [0.29, 0.717) is 10.5 Å². The van der Waals surface area contributed by atoms with Crippen LogP contribution in [0.15, 0.2) is 53.4 Å². The van der Waals surface area contributed by atoms with Crippen LogP contribution in [0, 0.1) is 5.82 Å². The number of nitrogens with zero attached hydrogens (tertiary/aromatic N) is 2. The summed E-state index contributed by atoms with van der Waals surface area (Å²) in [6.45, 7) is -0.0613. The zero-order chi connectivity index (χ0) is 18.0. The molecule has 2 aromatic rings. The molecule has 0 N–H and O–H groups in total. The summed E-state index contributed by atoms with van der Waals surface area (Å²) in [6.07, 6.45) is 1.69. The van der Waals surface area contributed by atoms with Gasteiger partial charge in [-0.3, -0.25) is 14.5 Å². The standard InChI is InChI=1S/C19H17FN2O2S/c1-21(2)15-9-7-13(8-10-15)11-17-18(23)22(19(24)25-17)12-14-5-3-4-6-16(14)20/h3-11H,12H2,1-2H3/b17-11-. The second-order valence-corrected chi connectivity index (χ2v) is 6.84. The molecule has 2 amide bonds. The minimum atomic E-state index is -0.426. The summed E-state index contributed by atoms with van der Waals surface area (Å²) in [6, 6.07) is 13.8. The molecular formula is C19H17FN2O2S. The molecule has 0 radical (unpaired) electrons. The minimum Gasteiger partial charge on any atom is -0.378 e. The van der Waals surface area contributed by atoms with Crippen LogP contribution in [0.4, 0.5) is 14.9 Å². The van der Waals surface area contributed by atoms with E-state index in [-0.39, 0.29) is 11.8 Å². The van der Waals surface area contributed by atoms with Gasteiger partial charge in [-0.25, -0.2) is 4.39 Å². The van der Waals surface area contributed by atoms with E-state index < -0.39 is 11.7 Å². The van der Waals surface area contributed by atoms with E-state index in [1.807, 2.05) is 43.3 Å². The van der Waals surface area contributed by atoms with Gasteiger partial charge < -0.3 is 4.90 Å². The molecule has 25 heavy (non-hydrogen) atoms. The maximum Gasteiger partial charge on any atom is 0.293 e. The van der Waals surface area contributed by atoms with Crippen LogP contribution in [0.25, 0.3) is 6.08 Å². The van der Waals surface area contributed by atoms with Crippen LogP contribution in [-0.4, -0.2) is 30.1 Å². The summed E-state index contributed by atoms with van der Waals surface area (Å²) in [4.78, 5) is 28.0. The average molecular weight is 356 g/mol. The van der Waals surface area contributed by atoms with Crippen molar-refractivity contribution in [3.05, 3.63) is 70.4 Å². The van der Waals surface area contributed by atoms with Crippen molar-refractivity contribution in [2.24, 2.45) is 0 Å². The highest BCUT2D eigenvalue weighted by Crippen LogP contribution is 2.33. The third-order valence-corrected chi connectivity index (χ3v) is 4.77. The average Bonchev–Trinajstić information content (AvgIpc) is 2.85. The van der Waals surface area contributed by atoms with E-state index in [1.54, 1.807) is 24.3 Å². The number of imide groups is 1. The van der Waals surface area contributed by atoms with E-state index in [0.717, 1.165) is 27.9 Å². The first kappa shape index (κ1) is 17.2. The molecule has 1 heterocycles. The Bertz CT molecular complexity index is 847. The Morgan fingerprint density at radius 1 is 1.08 bits per heavy atom. The normalized spacial score (nSPS) is 16.0. The number of halogens is 1. The predicted octanol–water partition coefficient (Wildman–Crippen LogP) is 4.13. The van der Waals surface area contributed by atoms with Crippen LogP contribution < -0.4 is 4.90 Å². The van der Waals surface area contributed by atoms with Gasteiger partial charge in [0.1, 0.15) is 5.82 Å². The van der Waals surface area contributed by atoms with E-state index in [4.69, 9.17) is 0 Å². The van der Waals surface area contributed by atoms with E-state index in [9.17, 15) is 14.0 Å². The maximum atomic E-state index is 13.8. The molecule has 128 valence electrons. The van der Waals surface area contributed by atoms with Gasteiger partial charge in [-0.2, -0.15) is 0 Å². The van der Waals surface area contributed by atoms with E-state index in [2.05, 4.69) is 0 Å². The fraction of sp³-hybridized carbons (Fsp3) is 0.158. The van der Waals surface area contributed by atoms with Crippen molar-refractivity contribution in [2.75, 3.05) is 19.0 Å². The number of benzene rings is 2. The van der Waals surface area contributed by atoms with Crippen molar-refractivity contribution in [3.8, 4) is 0 Å². The van der Waals surface area contributed by atoms with Crippen molar-refractivity contribution in [1.29, 1.82) is 0 Å². The molecule has 0 atom stereocenters. The molecule has 0 unspecified atom stereocenters. The number of hydrogen-bond acceptors (Lipinski definition) is 4. The van der Waals surface area contributed by atoms with E-state index in [1.165, 1.54) is 6.07 Å². The first-order chi connectivity index (χ1) is 12.0. The fourth-order valence-electron chi connectivity index (χ4n) is 2.45.